The molecule has 19 heavy (non-hydrogen) atoms. The standard InChI is InChI=1S/C14H24N2O3/c1-15-6-9-19-13-2-5-16(10-12(13)15)14(17)11-3-7-18-8-4-11/h11-13H,2-10H2,1H3/t12-,13-/m0/s1. The first kappa shape index (κ1) is 13.3. The summed E-state index contributed by atoms with van der Waals surface area (Å²) >= 11 is 0. The van der Waals surface area contributed by atoms with Crippen LogP contribution in [0.3, 0.4) is 0 Å². The van der Waals surface area contributed by atoms with Crippen LogP contribution in [-0.4, -0.2) is 74.4 Å². The Morgan fingerprint density at radius 3 is 2.68 bits per heavy atom. The molecule has 0 aliphatic carbocycles. The summed E-state index contributed by atoms with van der Waals surface area (Å²) in [6.07, 6.45) is 3.06. The molecule has 0 saturated carbocycles. The molecule has 3 fully saturated rings. The van der Waals surface area contributed by atoms with Crippen LogP contribution in [0.4, 0.5) is 0 Å². The number of hydrogen-bond donors (Lipinski definition) is 0. The Labute approximate surface area is 114 Å². The molecule has 2 atom stereocenters. The topological polar surface area (TPSA) is 42.0 Å². The SMILES string of the molecule is CN1CCO[C@H]2CCN(C(=O)C3CCOCC3)C[C@@H]21. The van der Waals surface area contributed by atoms with Crippen molar-refractivity contribution in [2.45, 2.75) is 31.4 Å². The molecule has 0 bridgehead atoms. The Kier molecular flexibility index (Phi) is 4.05. The number of fused-ring (bicyclic) bond motifs is 1. The number of likely N-dealkylation sites (tertiary alicyclic amines) is 1. The van der Waals surface area contributed by atoms with E-state index in [1.807, 2.05) is 0 Å². The molecule has 3 saturated heterocycles. The van der Waals surface area contributed by atoms with Gasteiger partial charge in [-0.3, -0.25) is 9.69 Å². The molecule has 0 radical (unpaired) electrons. The number of amides is 1. The molecule has 3 rings (SSSR count). The minimum Gasteiger partial charge on any atom is -0.381 e. The van der Waals surface area contributed by atoms with Crippen molar-refractivity contribution in [2.24, 2.45) is 5.92 Å². The van der Waals surface area contributed by atoms with Gasteiger partial charge in [0.15, 0.2) is 0 Å². The van der Waals surface area contributed by atoms with Gasteiger partial charge in [-0.15, -0.1) is 0 Å². The van der Waals surface area contributed by atoms with E-state index < -0.39 is 0 Å². The number of hydrogen-bond acceptors (Lipinski definition) is 4. The normalized spacial score (nSPS) is 34.1. The van der Waals surface area contributed by atoms with Crippen LogP contribution in [0.25, 0.3) is 0 Å². The number of rotatable bonds is 1. The lowest BCUT2D eigenvalue weighted by Gasteiger charge is -2.46. The molecule has 1 amide bonds. The Hall–Kier alpha value is -0.650. The van der Waals surface area contributed by atoms with Crippen molar-refractivity contribution in [3.63, 3.8) is 0 Å². The van der Waals surface area contributed by atoms with Crippen LogP contribution in [-0.2, 0) is 14.3 Å². The van der Waals surface area contributed by atoms with Gasteiger partial charge < -0.3 is 14.4 Å². The lowest BCUT2D eigenvalue weighted by atomic mass is 9.94. The number of morpholine rings is 1. The average molecular weight is 268 g/mol. The van der Waals surface area contributed by atoms with E-state index in [1.54, 1.807) is 0 Å². The van der Waals surface area contributed by atoms with Crippen LogP contribution < -0.4 is 0 Å². The lowest BCUT2D eigenvalue weighted by Crippen LogP contribution is -2.60. The number of likely N-dealkylation sites (N-methyl/N-ethyl adjacent to an activating group) is 1. The summed E-state index contributed by atoms with van der Waals surface area (Å²) in [6, 6.07) is 0.381. The van der Waals surface area contributed by atoms with Gasteiger partial charge in [0.1, 0.15) is 0 Å². The molecule has 0 aromatic heterocycles. The van der Waals surface area contributed by atoms with E-state index in [9.17, 15) is 4.79 Å². The molecule has 5 heteroatoms. The van der Waals surface area contributed by atoms with Gasteiger partial charge in [0.2, 0.25) is 5.91 Å². The van der Waals surface area contributed by atoms with Crippen molar-refractivity contribution in [1.82, 2.24) is 9.80 Å². The van der Waals surface area contributed by atoms with Crippen molar-refractivity contribution >= 4 is 5.91 Å². The summed E-state index contributed by atoms with van der Waals surface area (Å²) in [5.41, 5.74) is 0. The third-order valence-electron chi connectivity index (χ3n) is 4.74. The molecular weight excluding hydrogens is 244 g/mol. The highest BCUT2D eigenvalue weighted by Crippen LogP contribution is 2.25. The molecule has 0 unspecified atom stereocenters. The van der Waals surface area contributed by atoms with Gasteiger partial charge in [0.05, 0.1) is 18.8 Å². The van der Waals surface area contributed by atoms with Crippen molar-refractivity contribution in [1.29, 1.82) is 0 Å². The predicted octanol–water partition coefficient (Wildman–Crippen LogP) is 0.345. The fraction of sp³-hybridized carbons (Fsp3) is 0.929. The zero-order valence-corrected chi connectivity index (χ0v) is 11.7. The minimum absolute atomic E-state index is 0.181. The fourth-order valence-corrected chi connectivity index (χ4v) is 3.44. The summed E-state index contributed by atoms with van der Waals surface area (Å²) in [6.45, 7) is 4.95. The maximum atomic E-state index is 12.5. The average Bonchev–Trinajstić information content (AvgIpc) is 2.47. The lowest BCUT2D eigenvalue weighted by molar-refractivity contribution is -0.148. The molecule has 3 aliphatic heterocycles. The summed E-state index contributed by atoms with van der Waals surface area (Å²) in [4.78, 5) is 16.9. The third kappa shape index (κ3) is 2.78. The number of carbonyl (C=O) groups is 1. The van der Waals surface area contributed by atoms with Crippen LogP contribution in [0.1, 0.15) is 19.3 Å². The highest BCUT2D eigenvalue weighted by Gasteiger charge is 2.38. The number of nitrogens with zero attached hydrogens (tertiary/aromatic N) is 2. The maximum Gasteiger partial charge on any atom is 0.225 e. The molecule has 0 N–H and O–H groups in total. The van der Waals surface area contributed by atoms with Gasteiger partial charge in [-0.2, -0.15) is 0 Å². The summed E-state index contributed by atoms with van der Waals surface area (Å²) in [5.74, 6) is 0.515. The van der Waals surface area contributed by atoms with E-state index >= 15 is 0 Å². The molecule has 3 aliphatic rings. The molecular formula is C14H24N2O3. The quantitative estimate of drug-likeness (QED) is 0.688. The summed E-state index contributed by atoms with van der Waals surface area (Å²) in [5, 5.41) is 0. The highest BCUT2D eigenvalue weighted by atomic mass is 16.5. The Bertz CT molecular complexity index is 331. The largest absolute Gasteiger partial charge is 0.381 e. The van der Waals surface area contributed by atoms with Gasteiger partial charge in [-0.05, 0) is 26.3 Å². The zero-order valence-electron chi connectivity index (χ0n) is 11.7. The molecule has 0 aromatic carbocycles. The second kappa shape index (κ2) is 5.77. The first-order valence-corrected chi connectivity index (χ1v) is 7.44. The van der Waals surface area contributed by atoms with Gasteiger partial charge in [0.25, 0.3) is 0 Å². The van der Waals surface area contributed by atoms with E-state index in [-0.39, 0.29) is 5.92 Å². The van der Waals surface area contributed by atoms with Crippen molar-refractivity contribution in [3.05, 3.63) is 0 Å². The first-order valence-electron chi connectivity index (χ1n) is 7.44. The zero-order chi connectivity index (χ0) is 13.2. The maximum absolute atomic E-state index is 12.5. The number of carbonyl (C=O) groups excluding carboxylic acids is 1. The third-order valence-corrected chi connectivity index (χ3v) is 4.74. The van der Waals surface area contributed by atoms with Gasteiger partial charge in [-0.25, -0.2) is 0 Å². The summed E-state index contributed by atoms with van der Waals surface area (Å²) in [7, 11) is 2.14. The van der Waals surface area contributed by atoms with Gasteiger partial charge >= 0.3 is 0 Å². The molecule has 0 aromatic rings. The molecule has 3 heterocycles. The Morgan fingerprint density at radius 1 is 1.11 bits per heavy atom. The molecule has 0 spiro atoms. The van der Waals surface area contributed by atoms with Crippen LogP contribution in [0.5, 0.6) is 0 Å². The summed E-state index contributed by atoms with van der Waals surface area (Å²) < 4.78 is 11.2. The monoisotopic (exact) mass is 268 g/mol. The van der Waals surface area contributed by atoms with E-state index in [0.29, 0.717) is 18.1 Å². The van der Waals surface area contributed by atoms with Crippen molar-refractivity contribution in [2.75, 3.05) is 46.5 Å². The fourth-order valence-electron chi connectivity index (χ4n) is 3.44. The highest BCUT2D eigenvalue weighted by molar-refractivity contribution is 5.79. The van der Waals surface area contributed by atoms with Gasteiger partial charge in [-0.1, -0.05) is 0 Å². The first-order chi connectivity index (χ1) is 9.25. The number of piperidine rings is 1. The van der Waals surface area contributed by atoms with Crippen LogP contribution >= 0.6 is 0 Å². The molecule has 5 nitrogen and oxygen atoms in total. The molecule has 108 valence electrons. The van der Waals surface area contributed by atoms with E-state index in [0.717, 1.165) is 58.7 Å². The van der Waals surface area contributed by atoms with Crippen LogP contribution in [0.2, 0.25) is 0 Å². The van der Waals surface area contributed by atoms with Crippen LogP contribution in [0.15, 0.2) is 0 Å². The van der Waals surface area contributed by atoms with Crippen LogP contribution in [0, 0.1) is 5.92 Å². The van der Waals surface area contributed by atoms with Crippen molar-refractivity contribution in [3.8, 4) is 0 Å². The van der Waals surface area contributed by atoms with E-state index in [1.165, 1.54) is 0 Å². The Balaban J connectivity index is 1.61. The van der Waals surface area contributed by atoms with Gasteiger partial charge in [0, 0.05) is 38.8 Å². The second-order valence-electron chi connectivity index (χ2n) is 5.92. The van der Waals surface area contributed by atoms with E-state index in [2.05, 4.69) is 16.8 Å². The van der Waals surface area contributed by atoms with E-state index in [4.69, 9.17) is 9.47 Å². The second-order valence-corrected chi connectivity index (χ2v) is 5.92. The minimum atomic E-state index is 0.181. The smallest absolute Gasteiger partial charge is 0.225 e. The van der Waals surface area contributed by atoms with Crippen molar-refractivity contribution < 1.29 is 14.3 Å². The predicted molar refractivity (Wildman–Crippen MR) is 70.9 cm³/mol. The Morgan fingerprint density at radius 2 is 1.89 bits per heavy atom. The number of ether oxygens (including phenoxy) is 2.